The lowest BCUT2D eigenvalue weighted by molar-refractivity contribution is -0.143. The second kappa shape index (κ2) is 6.66. The summed E-state index contributed by atoms with van der Waals surface area (Å²) >= 11 is 0. The fourth-order valence-corrected chi connectivity index (χ4v) is 1.54. The van der Waals surface area contributed by atoms with E-state index in [2.05, 4.69) is 10.4 Å². The van der Waals surface area contributed by atoms with Gasteiger partial charge in [-0.25, -0.2) is 4.79 Å². The first-order valence-electron chi connectivity index (χ1n) is 5.80. The first-order chi connectivity index (χ1) is 9.31. The van der Waals surface area contributed by atoms with E-state index in [0.717, 1.165) is 0 Å². The molecule has 2 atom stereocenters. The number of aromatic nitrogens is 2. The summed E-state index contributed by atoms with van der Waals surface area (Å²) in [4.78, 5) is 33.2. The number of nitrogens with two attached hydrogens (primary N) is 1. The summed E-state index contributed by atoms with van der Waals surface area (Å²) in [5, 5.41) is 23.5. The number of nitrogens with one attached hydrogen (secondary N) is 1. The largest absolute Gasteiger partial charge is 0.481 e. The van der Waals surface area contributed by atoms with Crippen LogP contribution >= 0.6 is 0 Å². The third-order valence-corrected chi connectivity index (χ3v) is 2.63. The number of nitrogens with zero attached hydrogens (tertiary/aromatic N) is 2. The van der Waals surface area contributed by atoms with Gasteiger partial charge in [0.15, 0.2) is 0 Å². The quantitative estimate of drug-likeness (QED) is 0.494. The van der Waals surface area contributed by atoms with Gasteiger partial charge in [0.2, 0.25) is 5.91 Å². The average molecular weight is 284 g/mol. The van der Waals surface area contributed by atoms with Crippen LogP contribution < -0.4 is 11.1 Å². The smallest absolute Gasteiger partial charge is 0.326 e. The van der Waals surface area contributed by atoms with Crippen LogP contribution in [0.3, 0.4) is 0 Å². The number of amides is 1. The molecule has 0 radical (unpaired) electrons. The lowest BCUT2D eigenvalue weighted by Crippen LogP contribution is -2.45. The molecule has 0 aromatic carbocycles. The summed E-state index contributed by atoms with van der Waals surface area (Å²) in [6.07, 6.45) is 2.37. The van der Waals surface area contributed by atoms with E-state index in [1.54, 1.807) is 7.05 Å². The molecule has 1 aromatic rings. The first kappa shape index (κ1) is 15.6. The molecule has 0 bridgehead atoms. The zero-order chi connectivity index (χ0) is 15.3. The lowest BCUT2D eigenvalue weighted by Gasteiger charge is -2.16. The summed E-state index contributed by atoms with van der Waals surface area (Å²) in [6, 6.07) is -2.35. The second-order valence-electron chi connectivity index (χ2n) is 4.26. The van der Waals surface area contributed by atoms with Crippen molar-refractivity contribution in [2.24, 2.45) is 12.8 Å². The minimum absolute atomic E-state index is 0.212. The monoisotopic (exact) mass is 284 g/mol. The van der Waals surface area contributed by atoms with Crippen LogP contribution in [0.1, 0.15) is 24.4 Å². The Morgan fingerprint density at radius 2 is 2.10 bits per heavy atom. The van der Waals surface area contributed by atoms with E-state index in [-0.39, 0.29) is 12.8 Å². The maximum absolute atomic E-state index is 11.8. The van der Waals surface area contributed by atoms with Crippen LogP contribution in [0.5, 0.6) is 0 Å². The van der Waals surface area contributed by atoms with E-state index in [9.17, 15) is 14.4 Å². The Morgan fingerprint density at radius 3 is 2.55 bits per heavy atom. The van der Waals surface area contributed by atoms with Crippen molar-refractivity contribution in [3.05, 3.63) is 18.0 Å². The zero-order valence-corrected chi connectivity index (χ0v) is 10.8. The number of carboxylic acid groups (broad SMARTS) is 2. The highest BCUT2D eigenvalue weighted by Crippen LogP contribution is 2.09. The molecule has 20 heavy (non-hydrogen) atoms. The van der Waals surface area contributed by atoms with Crippen LogP contribution in [-0.4, -0.2) is 43.9 Å². The summed E-state index contributed by atoms with van der Waals surface area (Å²) in [5.74, 6) is -3.14. The molecule has 110 valence electrons. The number of carboxylic acids is 2. The summed E-state index contributed by atoms with van der Waals surface area (Å²) < 4.78 is 1.46. The van der Waals surface area contributed by atoms with E-state index < -0.39 is 29.9 Å². The van der Waals surface area contributed by atoms with Crippen molar-refractivity contribution in [2.75, 3.05) is 0 Å². The molecule has 0 aliphatic heterocycles. The van der Waals surface area contributed by atoms with E-state index in [1.807, 2.05) is 0 Å². The third kappa shape index (κ3) is 4.35. The number of carbonyl (C=O) groups is 3. The topological polar surface area (TPSA) is 148 Å². The highest BCUT2D eigenvalue weighted by molar-refractivity contribution is 5.87. The molecule has 0 aliphatic carbocycles. The zero-order valence-electron chi connectivity index (χ0n) is 10.8. The van der Waals surface area contributed by atoms with Crippen molar-refractivity contribution >= 4 is 17.8 Å². The Balaban J connectivity index is 2.65. The second-order valence-corrected chi connectivity index (χ2v) is 4.26. The van der Waals surface area contributed by atoms with E-state index in [0.29, 0.717) is 5.56 Å². The molecule has 0 spiro atoms. The highest BCUT2D eigenvalue weighted by Gasteiger charge is 2.25. The number of hydrogen-bond acceptors (Lipinski definition) is 5. The molecular weight excluding hydrogens is 268 g/mol. The average Bonchev–Trinajstić information content (AvgIpc) is 2.79. The van der Waals surface area contributed by atoms with Crippen molar-refractivity contribution < 1.29 is 24.6 Å². The minimum atomic E-state index is -1.31. The van der Waals surface area contributed by atoms with Gasteiger partial charge in [-0.2, -0.15) is 5.10 Å². The predicted octanol–water partition coefficient (Wildman–Crippen LogP) is -1.15. The van der Waals surface area contributed by atoms with Crippen molar-refractivity contribution in [2.45, 2.75) is 24.9 Å². The SMILES string of the molecule is Cn1cc(C(N)C(=O)N[C@@H](CCC(=O)O)C(=O)O)cn1. The van der Waals surface area contributed by atoms with Crippen LogP contribution in [0.25, 0.3) is 0 Å². The molecule has 0 saturated carbocycles. The predicted molar refractivity (Wildman–Crippen MR) is 66.6 cm³/mol. The van der Waals surface area contributed by atoms with Crippen molar-refractivity contribution in [3.8, 4) is 0 Å². The Labute approximate surface area is 114 Å². The van der Waals surface area contributed by atoms with Gasteiger partial charge in [0.05, 0.1) is 6.20 Å². The number of carbonyl (C=O) groups excluding carboxylic acids is 1. The molecule has 5 N–H and O–H groups in total. The third-order valence-electron chi connectivity index (χ3n) is 2.63. The molecule has 0 saturated heterocycles. The van der Waals surface area contributed by atoms with Crippen molar-refractivity contribution in [1.82, 2.24) is 15.1 Å². The molecule has 0 fully saturated rings. The molecule has 1 heterocycles. The van der Waals surface area contributed by atoms with Gasteiger partial charge in [0.25, 0.3) is 0 Å². The molecule has 9 heteroatoms. The molecule has 1 aromatic heterocycles. The number of hydrogen-bond donors (Lipinski definition) is 4. The van der Waals surface area contributed by atoms with Crippen LogP contribution in [-0.2, 0) is 21.4 Å². The fourth-order valence-electron chi connectivity index (χ4n) is 1.54. The van der Waals surface area contributed by atoms with E-state index in [4.69, 9.17) is 15.9 Å². The number of rotatable bonds is 7. The van der Waals surface area contributed by atoms with Gasteiger partial charge >= 0.3 is 11.9 Å². The molecule has 1 amide bonds. The first-order valence-corrected chi connectivity index (χ1v) is 5.80. The Kier molecular flexibility index (Phi) is 5.21. The summed E-state index contributed by atoms with van der Waals surface area (Å²) in [5.41, 5.74) is 6.12. The highest BCUT2D eigenvalue weighted by atomic mass is 16.4. The maximum atomic E-state index is 11.8. The van der Waals surface area contributed by atoms with Crippen LogP contribution in [0, 0.1) is 0 Å². The Morgan fingerprint density at radius 1 is 1.45 bits per heavy atom. The molecule has 1 rings (SSSR count). The molecule has 1 unspecified atom stereocenters. The van der Waals surface area contributed by atoms with Crippen molar-refractivity contribution in [3.63, 3.8) is 0 Å². The van der Waals surface area contributed by atoms with Gasteiger partial charge < -0.3 is 21.3 Å². The standard InChI is InChI=1S/C11H16N4O5/c1-15-5-6(4-13-15)9(12)10(18)14-7(11(19)20)2-3-8(16)17/h4-5,7,9H,2-3,12H2,1H3,(H,14,18)(H,16,17)(H,19,20)/t7-,9?/m0/s1. The molecule has 0 aliphatic rings. The van der Waals surface area contributed by atoms with Gasteiger partial charge in [-0.05, 0) is 6.42 Å². The minimum Gasteiger partial charge on any atom is -0.481 e. The Hall–Kier alpha value is -2.42. The van der Waals surface area contributed by atoms with Gasteiger partial charge in [-0.1, -0.05) is 0 Å². The van der Waals surface area contributed by atoms with Gasteiger partial charge in [0, 0.05) is 25.2 Å². The molecule has 9 nitrogen and oxygen atoms in total. The van der Waals surface area contributed by atoms with Crippen molar-refractivity contribution in [1.29, 1.82) is 0 Å². The van der Waals surface area contributed by atoms with Crippen LogP contribution in [0.4, 0.5) is 0 Å². The van der Waals surface area contributed by atoms with Crippen LogP contribution in [0.2, 0.25) is 0 Å². The van der Waals surface area contributed by atoms with Gasteiger partial charge in [0.1, 0.15) is 12.1 Å². The number of aryl methyl sites for hydroxylation is 1. The molecular formula is C11H16N4O5. The maximum Gasteiger partial charge on any atom is 0.326 e. The Bertz CT molecular complexity index is 513. The summed E-state index contributed by atoms with van der Waals surface area (Å²) in [7, 11) is 1.65. The fraction of sp³-hybridized carbons (Fsp3) is 0.455. The van der Waals surface area contributed by atoms with Gasteiger partial charge in [-0.15, -0.1) is 0 Å². The van der Waals surface area contributed by atoms with Gasteiger partial charge in [-0.3, -0.25) is 14.3 Å². The van der Waals surface area contributed by atoms with Crippen LogP contribution in [0.15, 0.2) is 12.4 Å². The van der Waals surface area contributed by atoms with E-state index in [1.165, 1.54) is 17.1 Å². The summed E-state index contributed by atoms with van der Waals surface area (Å²) in [6.45, 7) is 0. The normalized spacial score (nSPS) is 13.5. The van der Waals surface area contributed by atoms with E-state index >= 15 is 0 Å². The number of aliphatic carboxylic acids is 2. The lowest BCUT2D eigenvalue weighted by atomic mass is 10.1.